The van der Waals surface area contributed by atoms with Gasteiger partial charge in [-0.25, -0.2) is 8.42 Å². The van der Waals surface area contributed by atoms with Gasteiger partial charge in [0, 0.05) is 30.2 Å². The van der Waals surface area contributed by atoms with E-state index in [2.05, 4.69) is 28.4 Å². The van der Waals surface area contributed by atoms with Crippen molar-refractivity contribution in [2.75, 3.05) is 29.6 Å². The largest absolute Gasteiger partial charge is 0.341 e. The first-order valence-corrected chi connectivity index (χ1v) is 11.0. The highest BCUT2D eigenvalue weighted by atomic mass is 32.2. The van der Waals surface area contributed by atoms with Gasteiger partial charge in [0.15, 0.2) is 0 Å². The number of hydrogen-bond donors (Lipinski definition) is 1. The van der Waals surface area contributed by atoms with Crippen LogP contribution in [0, 0.1) is 0 Å². The van der Waals surface area contributed by atoms with Gasteiger partial charge in [-0.15, -0.1) is 0 Å². The molecule has 0 spiro atoms. The summed E-state index contributed by atoms with van der Waals surface area (Å²) in [4.78, 5) is 14.8. The molecule has 2 aliphatic rings. The fourth-order valence-corrected chi connectivity index (χ4v) is 5.08. The van der Waals surface area contributed by atoms with Gasteiger partial charge in [-0.2, -0.15) is 4.31 Å². The van der Waals surface area contributed by atoms with Crippen molar-refractivity contribution in [1.82, 2.24) is 4.31 Å². The molecule has 0 aromatic heterocycles. The van der Waals surface area contributed by atoms with Crippen LogP contribution in [0.4, 0.5) is 17.1 Å². The molecule has 27 heavy (non-hydrogen) atoms. The highest BCUT2D eigenvalue weighted by Gasteiger charge is 2.36. The number of hydrogen-bond acceptors (Lipinski definition) is 4. The molecule has 1 atom stereocenters. The van der Waals surface area contributed by atoms with E-state index in [0.29, 0.717) is 25.1 Å². The van der Waals surface area contributed by atoms with Crippen LogP contribution < -0.4 is 10.2 Å². The third-order valence-electron chi connectivity index (χ3n) is 5.27. The number of rotatable bonds is 4. The van der Waals surface area contributed by atoms with Crippen molar-refractivity contribution in [2.45, 2.75) is 25.3 Å². The van der Waals surface area contributed by atoms with Crippen LogP contribution in [-0.4, -0.2) is 44.0 Å². The number of carbonyl (C=O) groups is 1. The first-order valence-electron chi connectivity index (χ1n) is 9.17. The third kappa shape index (κ3) is 3.57. The Morgan fingerprint density at radius 1 is 1.07 bits per heavy atom. The zero-order valence-electron chi connectivity index (χ0n) is 15.3. The smallest absolute Gasteiger partial charge is 0.242 e. The Morgan fingerprint density at radius 3 is 2.56 bits per heavy atom. The molecule has 1 N–H and O–H groups in total. The van der Waals surface area contributed by atoms with Crippen LogP contribution in [0.2, 0.25) is 0 Å². The lowest BCUT2D eigenvalue weighted by molar-refractivity contribution is -0.119. The highest BCUT2D eigenvalue weighted by molar-refractivity contribution is 7.88. The van der Waals surface area contributed by atoms with Crippen LogP contribution in [0.15, 0.2) is 48.5 Å². The topological polar surface area (TPSA) is 69.7 Å². The lowest BCUT2D eigenvalue weighted by Gasteiger charge is -2.22. The molecular weight excluding hydrogens is 362 g/mol. The van der Waals surface area contributed by atoms with Crippen molar-refractivity contribution in [3.8, 4) is 0 Å². The molecule has 0 saturated carbocycles. The number of anilines is 3. The number of sulfonamides is 1. The van der Waals surface area contributed by atoms with Crippen molar-refractivity contribution in [3.63, 3.8) is 0 Å². The van der Waals surface area contributed by atoms with Gasteiger partial charge in [-0.1, -0.05) is 18.2 Å². The molecule has 2 aromatic carbocycles. The minimum Gasteiger partial charge on any atom is -0.341 e. The van der Waals surface area contributed by atoms with Crippen LogP contribution in [0.25, 0.3) is 0 Å². The van der Waals surface area contributed by atoms with E-state index in [9.17, 15) is 13.2 Å². The quantitative estimate of drug-likeness (QED) is 0.879. The zero-order chi connectivity index (χ0) is 19.0. The minimum absolute atomic E-state index is 0.266. The highest BCUT2D eigenvalue weighted by Crippen LogP contribution is 2.34. The molecule has 1 saturated heterocycles. The monoisotopic (exact) mass is 385 g/mol. The van der Waals surface area contributed by atoms with Gasteiger partial charge in [0.1, 0.15) is 6.04 Å². The van der Waals surface area contributed by atoms with E-state index in [1.165, 1.54) is 15.6 Å². The van der Waals surface area contributed by atoms with Crippen LogP contribution >= 0.6 is 0 Å². The second-order valence-corrected chi connectivity index (χ2v) is 9.03. The SMILES string of the molecule is CS(=O)(=O)N1CCCC1C(=O)Nc1ccc(N2CCc3ccccc32)cc1. The molecule has 1 amide bonds. The number of amides is 1. The molecule has 4 rings (SSSR count). The number of para-hydroxylation sites is 1. The molecule has 1 unspecified atom stereocenters. The molecule has 2 aromatic rings. The number of nitrogens with zero attached hydrogens (tertiary/aromatic N) is 2. The van der Waals surface area contributed by atoms with Crippen LogP contribution in [0.3, 0.4) is 0 Å². The van der Waals surface area contributed by atoms with Gasteiger partial charge >= 0.3 is 0 Å². The van der Waals surface area contributed by atoms with Crippen molar-refractivity contribution in [3.05, 3.63) is 54.1 Å². The maximum Gasteiger partial charge on any atom is 0.242 e. The zero-order valence-corrected chi connectivity index (χ0v) is 16.1. The summed E-state index contributed by atoms with van der Waals surface area (Å²) in [5, 5.41) is 2.86. The van der Waals surface area contributed by atoms with E-state index in [0.717, 1.165) is 24.9 Å². The normalized spacial score (nSPS) is 19.9. The predicted octanol–water partition coefficient (Wildman–Crippen LogP) is 2.74. The second kappa shape index (κ2) is 6.98. The Balaban J connectivity index is 1.47. The summed E-state index contributed by atoms with van der Waals surface area (Å²) in [6, 6.07) is 15.5. The maximum atomic E-state index is 12.5. The molecule has 0 aliphatic carbocycles. The fourth-order valence-electron chi connectivity index (χ4n) is 3.96. The standard InChI is InChI=1S/C20H23N3O3S/c1-27(25,26)23-13-4-7-19(23)20(24)21-16-8-10-17(11-9-16)22-14-12-15-5-2-3-6-18(15)22/h2-3,5-6,8-11,19H,4,7,12-14H2,1H3,(H,21,24). The van der Waals surface area contributed by atoms with Crippen LogP contribution in [0.5, 0.6) is 0 Å². The first-order chi connectivity index (χ1) is 12.9. The van der Waals surface area contributed by atoms with E-state index in [1.54, 1.807) is 0 Å². The Kier molecular flexibility index (Phi) is 4.65. The second-order valence-electron chi connectivity index (χ2n) is 7.10. The first kappa shape index (κ1) is 18.0. The van der Waals surface area contributed by atoms with E-state index in [-0.39, 0.29) is 5.91 Å². The molecule has 7 heteroatoms. The van der Waals surface area contributed by atoms with Gasteiger partial charge in [0.05, 0.1) is 6.26 Å². The molecule has 142 valence electrons. The number of benzene rings is 2. The van der Waals surface area contributed by atoms with E-state index in [4.69, 9.17) is 0 Å². The summed E-state index contributed by atoms with van der Waals surface area (Å²) in [6.45, 7) is 1.35. The van der Waals surface area contributed by atoms with Gasteiger partial charge in [-0.3, -0.25) is 4.79 Å². The molecule has 2 aliphatic heterocycles. The number of carbonyl (C=O) groups excluding carboxylic acids is 1. The summed E-state index contributed by atoms with van der Waals surface area (Å²) in [5.74, 6) is -0.266. The van der Waals surface area contributed by atoms with E-state index < -0.39 is 16.1 Å². The Labute approximate surface area is 159 Å². The summed E-state index contributed by atoms with van der Waals surface area (Å²) in [7, 11) is -3.37. The minimum atomic E-state index is -3.37. The Morgan fingerprint density at radius 2 is 1.81 bits per heavy atom. The molecule has 6 nitrogen and oxygen atoms in total. The Bertz CT molecular complexity index is 957. The average Bonchev–Trinajstić information content (AvgIpc) is 3.29. The molecule has 0 radical (unpaired) electrons. The van der Waals surface area contributed by atoms with Gasteiger partial charge in [0.25, 0.3) is 0 Å². The van der Waals surface area contributed by atoms with Crippen molar-refractivity contribution >= 4 is 33.0 Å². The predicted molar refractivity (Wildman–Crippen MR) is 107 cm³/mol. The summed E-state index contributed by atoms with van der Waals surface area (Å²) in [5.41, 5.74) is 4.33. The average molecular weight is 385 g/mol. The van der Waals surface area contributed by atoms with Crippen molar-refractivity contribution in [2.24, 2.45) is 0 Å². The molecular formula is C20H23N3O3S. The van der Waals surface area contributed by atoms with Gasteiger partial charge in [0.2, 0.25) is 15.9 Å². The van der Waals surface area contributed by atoms with Crippen LogP contribution in [-0.2, 0) is 21.2 Å². The lowest BCUT2D eigenvalue weighted by Crippen LogP contribution is -2.42. The number of nitrogens with one attached hydrogen (secondary N) is 1. The van der Waals surface area contributed by atoms with Gasteiger partial charge < -0.3 is 10.2 Å². The molecule has 1 fully saturated rings. The lowest BCUT2D eigenvalue weighted by atomic mass is 10.2. The fraction of sp³-hybridized carbons (Fsp3) is 0.350. The van der Waals surface area contributed by atoms with Gasteiger partial charge in [-0.05, 0) is 55.2 Å². The maximum absolute atomic E-state index is 12.5. The molecule has 2 heterocycles. The van der Waals surface area contributed by atoms with Crippen molar-refractivity contribution < 1.29 is 13.2 Å². The summed E-state index contributed by atoms with van der Waals surface area (Å²) >= 11 is 0. The van der Waals surface area contributed by atoms with E-state index in [1.807, 2.05) is 30.3 Å². The summed E-state index contributed by atoms with van der Waals surface area (Å²) < 4.78 is 25.0. The Hall–Kier alpha value is -2.38. The van der Waals surface area contributed by atoms with Crippen LogP contribution in [0.1, 0.15) is 18.4 Å². The third-order valence-corrected chi connectivity index (χ3v) is 6.56. The van der Waals surface area contributed by atoms with Crippen molar-refractivity contribution in [1.29, 1.82) is 0 Å². The summed E-state index contributed by atoms with van der Waals surface area (Å²) in [6.07, 6.45) is 3.44. The number of fused-ring (bicyclic) bond motifs is 1. The molecule has 0 bridgehead atoms. The van der Waals surface area contributed by atoms with E-state index >= 15 is 0 Å².